The molecule has 1 N–H and O–H groups in total. The highest BCUT2D eigenvalue weighted by Gasteiger charge is 2.23. The molecule has 2 amide bonds. The summed E-state index contributed by atoms with van der Waals surface area (Å²) in [5.41, 5.74) is 1.47. The number of thiophene rings is 1. The van der Waals surface area contributed by atoms with Crippen LogP contribution in [0.15, 0.2) is 47.2 Å². The van der Waals surface area contributed by atoms with Gasteiger partial charge in [-0.3, -0.25) is 9.59 Å². The maximum atomic E-state index is 12.9. The fourth-order valence-corrected chi connectivity index (χ4v) is 3.39. The smallest absolute Gasteiger partial charge is 0.252 e. The quantitative estimate of drug-likeness (QED) is 0.853. The van der Waals surface area contributed by atoms with Gasteiger partial charge >= 0.3 is 0 Å². The Kier molecular flexibility index (Phi) is 5.60. The van der Waals surface area contributed by atoms with Crippen LogP contribution in [0, 0.1) is 5.82 Å². The highest BCUT2D eigenvalue weighted by Crippen LogP contribution is 2.13. The number of hydrogen-bond donors (Lipinski definition) is 1. The third kappa shape index (κ3) is 4.76. The fraction of sp³-hybridized carbons (Fsp3) is 0.263. The van der Waals surface area contributed by atoms with E-state index in [2.05, 4.69) is 5.32 Å². The van der Waals surface area contributed by atoms with Crippen molar-refractivity contribution in [3.05, 3.63) is 64.1 Å². The highest BCUT2D eigenvalue weighted by molar-refractivity contribution is 7.08. The normalized spacial score (nSPS) is 15.5. The molecule has 130 valence electrons. The van der Waals surface area contributed by atoms with Crippen LogP contribution in [-0.4, -0.2) is 35.8 Å². The Labute approximate surface area is 150 Å². The van der Waals surface area contributed by atoms with Crippen LogP contribution >= 0.6 is 11.3 Å². The van der Waals surface area contributed by atoms with Crippen molar-refractivity contribution < 1.29 is 14.0 Å². The summed E-state index contributed by atoms with van der Waals surface area (Å²) in [6, 6.07) is 7.89. The molecule has 0 aliphatic carbocycles. The van der Waals surface area contributed by atoms with Crippen molar-refractivity contribution in [1.82, 2.24) is 10.2 Å². The largest absolute Gasteiger partial charge is 0.349 e. The molecule has 1 aliphatic rings. The van der Waals surface area contributed by atoms with Crippen molar-refractivity contribution in [2.75, 3.05) is 13.1 Å². The van der Waals surface area contributed by atoms with Gasteiger partial charge in [0.15, 0.2) is 0 Å². The molecule has 1 fully saturated rings. The molecule has 1 aliphatic heterocycles. The minimum absolute atomic E-state index is 0.0535. The molecule has 0 spiro atoms. The van der Waals surface area contributed by atoms with Crippen LogP contribution in [-0.2, 0) is 4.79 Å². The van der Waals surface area contributed by atoms with E-state index in [1.54, 1.807) is 29.2 Å². The van der Waals surface area contributed by atoms with Crippen LogP contribution in [0.1, 0.15) is 28.8 Å². The van der Waals surface area contributed by atoms with Gasteiger partial charge in [-0.1, -0.05) is 12.1 Å². The fourth-order valence-electron chi connectivity index (χ4n) is 2.75. The average molecular weight is 358 g/mol. The van der Waals surface area contributed by atoms with Crippen LogP contribution < -0.4 is 5.32 Å². The van der Waals surface area contributed by atoms with Gasteiger partial charge < -0.3 is 10.2 Å². The standard InChI is InChI=1S/C19H19FN2O2S/c20-16-4-1-14(2-5-16)3-6-18(23)22-10-7-17(8-11-22)21-19(24)15-9-12-25-13-15/h1-6,9,12-13,17H,7-8,10-11H2,(H,21,24)/b6-3+. The predicted molar refractivity (Wildman–Crippen MR) is 96.8 cm³/mol. The Balaban J connectivity index is 1.47. The number of rotatable bonds is 4. The van der Waals surface area contributed by atoms with Crippen LogP contribution in [0.5, 0.6) is 0 Å². The van der Waals surface area contributed by atoms with E-state index >= 15 is 0 Å². The van der Waals surface area contributed by atoms with E-state index in [0.29, 0.717) is 18.7 Å². The van der Waals surface area contributed by atoms with Gasteiger partial charge in [0.05, 0.1) is 0 Å². The topological polar surface area (TPSA) is 49.4 Å². The highest BCUT2D eigenvalue weighted by atomic mass is 32.1. The zero-order valence-corrected chi connectivity index (χ0v) is 14.5. The summed E-state index contributed by atoms with van der Waals surface area (Å²) < 4.78 is 12.9. The van der Waals surface area contributed by atoms with Crippen LogP contribution in [0.25, 0.3) is 6.08 Å². The Morgan fingerprint density at radius 3 is 2.52 bits per heavy atom. The molecule has 25 heavy (non-hydrogen) atoms. The van der Waals surface area contributed by atoms with Crippen molar-refractivity contribution in [3.8, 4) is 0 Å². The number of amides is 2. The zero-order valence-electron chi connectivity index (χ0n) is 13.7. The Morgan fingerprint density at radius 2 is 1.88 bits per heavy atom. The molecule has 0 radical (unpaired) electrons. The third-order valence-corrected chi connectivity index (χ3v) is 4.90. The molecule has 0 atom stereocenters. The molecular formula is C19H19FN2O2S. The van der Waals surface area contributed by atoms with Gasteiger partial charge in [-0.2, -0.15) is 11.3 Å². The molecule has 3 rings (SSSR count). The van der Waals surface area contributed by atoms with Gasteiger partial charge in [-0.25, -0.2) is 4.39 Å². The number of carbonyl (C=O) groups is 2. The van der Waals surface area contributed by atoms with E-state index in [9.17, 15) is 14.0 Å². The lowest BCUT2D eigenvalue weighted by Gasteiger charge is -2.31. The Morgan fingerprint density at radius 1 is 1.16 bits per heavy atom. The van der Waals surface area contributed by atoms with Gasteiger partial charge in [0.1, 0.15) is 5.82 Å². The molecule has 0 saturated carbocycles. The average Bonchev–Trinajstić information content (AvgIpc) is 3.16. The molecule has 1 saturated heterocycles. The number of nitrogens with one attached hydrogen (secondary N) is 1. The lowest BCUT2D eigenvalue weighted by Crippen LogP contribution is -2.46. The molecule has 0 unspecified atom stereocenters. The minimum Gasteiger partial charge on any atom is -0.349 e. The first-order chi connectivity index (χ1) is 12.1. The first kappa shape index (κ1) is 17.4. The Bertz CT molecular complexity index is 748. The second kappa shape index (κ2) is 8.07. The SMILES string of the molecule is O=C(NC1CCN(C(=O)/C=C/c2ccc(F)cc2)CC1)c1ccsc1. The molecular weight excluding hydrogens is 339 g/mol. The lowest BCUT2D eigenvalue weighted by atomic mass is 10.0. The van der Waals surface area contributed by atoms with E-state index < -0.39 is 0 Å². The second-order valence-corrected chi connectivity index (χ2v) is 6.75. The second-order valence-electron chi connectivity index (χ2n) is 5.97. The monoisotopic (exact) mass is 358 g/mol. The number of hydrogen-bond acceptors (Lipinski definition) is 3. The van der Waals surface area contributed by atoms with Crippen LogP contribution in [0.2, 0.25) is 0 Å². The minimum atomic E-state index is -0.296. The van der Waals surface area contributed by atoms with Gasteiger partial charge in [-0.15, -0.1) is 0 Å². The van der Waals surface area contributed by atoms with Gasteiger partial charge in [0, 0.05) is 36.2 Å². The summed E-state index contributed by atoms with van der Waals surface area (Å²) in [7, 11) is 0. The number of carbonyl (C=O) groups excluding carboxylic acids is 2. The first-order valence-corrected chi connectivity index (χ1v) is 9.12. The molecule has 1 aromatic heterocycles. The molecule has 2 heterocycles. The molecule has 1 aromatic carbocycles. The van der Waals surface area contributed by atoms with Gasteiger partial charge in [0.2, 0.25) is 5.91 Å². The number of likely N-dealkylation sites (tertiary alicyclic amines) is 1. The van der Waals surface area contributed by atoms with Crippen LogP contribution in [0.3, 0.4) is 0 Å². The summed E-state index contributed by atoms with van der Waals surface area (Å²) in [4.78, 5) is 26.1. The summed E-state index contributed by atoms with van der Waals surface area (Å²) in [6.45, 7) is 1.22. The Hall–Kier alpha value is -2.47. The summed E-state index contributed by atoms with van der Waals surface area (Å²) >= 11 is 1.50. The maximum Gasteiger partial charge on any atom is 0.252 e. The maximum absolute atomic E-state index is 12.9. The molecule has 6 heteroatoms. The van der Waals surface area contributed by atoms with E-state index in [4.69, 9.17) is 0 Å². The van der Waals surface area contributed by atoms with Gasteiger partial charge in [-0.05, 0) is 48.1 Å². The summed E-state index contributed by atoms with van der Waals surface area (Å²) in [6.07, 6.45) is 4.68. The van der Waals surface area contributed by atoms with Crippen LogP contribution in [0.4, 0.5) is 4.39 Å². The predicted octanol–water partition coefficient (Wildman–Crippen LogP) is 3.32. The van der Waals surface area contributed by atoms with E-state index in [1.165, 1.54) is 29.5 Å². The summed E-state index contributed by atoms with van der Waals surface area (Å²) in [5, 5.41) is 6.73. The van der Waals surface area contributed by atoms with E-state index in [-0.39, 0.29) is 23.7 Å². The van der Waals surface area contributed by atoms with Crippen molar-refractivity contribution in [3.63, 3.8) is 0 Å². The zero-order chi connectivity index (χ0) is 17.6. The molecule has 0 bridgehead atoms. The van der Waals surface area contributed by atoms with Crippen molar-refractivity contribution in [1.29, 1.82) is 0 Å². The number of nitrogens with zero attached hydrogens (tertiary/aromatic N) is 1. The number of benzene rings is 1. The lowest BCUT2D eigenvalue weighted by molar-refractivity contribution is -0.126. The van der Waals surface area contributed by atoms with Crippen molar-refractivity contribution in [2.24, 2.45) is 0 Å². The van der Waals surface area contributed by atoms with Crippen molar-refractivity contribution in [2.45, 2.75) is 18.9 Å². The molecule has 4 nitrogen and oxygen atoms in total. The summed E-state index contributed by atoms with van der Waals surface area (Å²) in [5.74, 6) is -0.413. The van der Waals surface area contributed by atoms with Gasteiger partial charge in [0.25, 0.3) is 5.91 Å². The van der Waals surface area contributed by atoms with E-state index in [0.717, 1.165) is 18.4 Å². The van der Waals surface area contributed by atoms with Crippen molar-refractivity contribution >= 4 is 29.2 Å². The third-order valence-electron chi connectivity index (χ3n) is 4.21. The first-order valence-electron chi connectivity index (χ1n) is 8.17. The van der Waals surface area contributed by atoms with E-state index in [1.807, 2.05) is 10.8 Å². The number of piperidine rings is 1. The molecule has 2 aromatic rings. The number of halogens is 1.